The minimum absolute atomic E-state index is 0.0726. The third kappa shape index (κ3) is 5.08. The highest BCUT2D eigenvalue weighted by Gasteiger charge is 2.21. The molecule has 0 saturated carbocycles. The van der Waals surface area contributed by atoms with E-state index in [0.717, 1.165) is 5.56 Å². The van der Waals surface area contributed by atoms with Gasteiger partial charge in [-0.2, -0.15) is 5.26 Å². The summed E-state index contributed by atoms with van der Waals surface area (Å²) in [6.07, 6.45) is 1.46. The van der Waals surface area contributed by atoms with Gasteiger partial charge in [0.25, 0.3) is 5.91 Å². The van der Waals surface area contributed by atoms with Crippen LogP contribution in [0, 0.1) is 11.3 Å². The number of aliphatic hydroxyl groups is 2. The highest BCUT2D eigenvalue weighted by Crippen LogP contribution is 2.30. The number of methoxy groups -OCH3 is 1. The summed E-state index contributed by atoms with van der Waals surface area (Å²) in [6, 6.07) is 12.5. The van der Waals surface area contributed by atoms with Crippen LogP contribution in [0.2, 0.25) is 5.02 Å². The van der Waals surface area contributed by atoms with Crippen LogP contribution in [0.3, 0.4) is 0 Å². The summed E-state index contributed by atoms with van der Waals surface area (Å²) < 4.78 is 5.19. The highest BCUT2D eigenvalue weighted by molar-refractivity contribution is 6.32. The number of halogens is 1. The smallest absolute Gasteiger partial charge is 0.257 e. The lowest BCUT2D eigenvalue weighted by atomic mass is 10.0. The van der Waals surface area contributed by atoms with E-state index in [-0.39, 0.29) is 37.8 Å². The number of hydrogen-bond donors (Lipinski definition) is 3. The molecule has 3 rings (SSSR count). The number of anilines is 1. The van der Waals surface area contributed by atoms with E-state index in [2.05, 4.69) is 16.4 Å². The van der Waals surface area contributed by atoms with Gasteiger partial charge in [-0.3, -0.25) is 9.78 Å². The standard InChI is InChI=1S/C23H23ClN4O4/c1-32-21-5-3-16(11-19(21)24)13-27-22-17-10-15(12-25)2-4-20(17)26-14-18(22)23(31)28(6-8-29)7-9-30/h2-5,10-11,14,29-30H,6-9,13H2,1H3,(H,26,27). The molecule has 0 unspecified atom stereocenters. The first kappa shape index (κ1) is 23.3. The Morgan fingerprint density at radius 2 is 1.97 bits per heavy atom. The maximum absolute atomic E-state index is 13.2. The molecule has 32 heavy (non-hydrogen) atoms. The third-order valence-electron chi connectivity index (χ3n) is 4.94. The number of amides is 1. The molecular weight excluding hydrogens is 432 g/mol. The quantitative estimate of drug-likeness (QED) is 0.455. The van der Waals surface area contributed by atoms with Crippen molar-refractivity contribution in [1.29, 1.82) is 5.26 Å². The van der Waals surface area contributed by atoms with Crippen LogP contribution in [-0.2, 0) is 6.54 Å². The number of carbonyl (C=O) groups is 1. The Morgan fingerprint density at radius 3 is 2.59 bits per heavy atom. The molecule has 0 aliphatic rings. The van der Waals surface area contributed by atoms with Crippen LogP contribution < -0.4 is 10.1 Å². The fourth-order valence-electron chi connectivity index (χ4n) is 3.35. The number of aromatic nitrogens is 1. The minimum Gasteiger partial charge on any atom is -0.495 e. The lowest BCUT2D eigenvalue weighted by Gasteiger charge is -2.23. The number of nitrogens with zero attached hydrogens (tertiary/aromatic N) is 3. The first-order valence-electron chi connectivity index (χ1n) is 9.92. The van der Waals surface area contributed by atoms with E-state index >= 15 is 0 Å². The number of nitrogens with one attached hydrogen (secondary N) is 1. The fraction of sp³-hybridized carbons (Fsp3) is 0.261. The Kier molecular flexibility index (Phi) is 7.84. The molecule has 2 aromatic carbocycles. The number of nitriles is 1. The van der Waals surface area contributed by atoms with Gasteiger partial charge in [-0.15, -0.1) is 0 Å². The summed E-state index contributed by atoms with van der Waals surface area (Å²) in [4.78, 5) is 18.9. The monoisotopic (exact) mass is 454 g/mol. The molecule has 1 amide bonds. The van der Waals surface area contributed by atoms with Crippen LogP contribution in [0.5, 0.6) is 5.75 Å². The number of aliphatic hydroxyl groups excluding tert-OH is 2. The average Bonchev–Trinajstić information content (AvgIpc) is 2.81. The van der Waals surface area contributed by atoms with Gasteiger partial charge in [-0.1, -0.05) is 17.7 Å². The average molecular weight is 455 g/mol. The molecule has 3 aromatic rings. The predicted octanol–water partition coefficient (Wildman–Crippen LogP) is 2.81. The molecule has 0 radical (unpaired) electrons. The van der Waals surface area contributed by atoms with Crippen molar-refractivity contribution < 1.29 is 19.7 Å². The van der Waals surface area contributed by atoms with E-state index in [9.17, 15) is 20.3 Å². The Hall–Kier alpha value is -3.38. The summed E-state index contributed by atoms with van der Waals surface area (Å²) in [6.45, 7) is 0.0170. The zero-order valence-electron chi connectivity index (χ0n) is 17.5. The summed E-state index contributed by atoms with van der Waals surface area (Å²) in [5.41, 5.74) is 2.69. The number of rotatable bonds is 9. The summed E-state index contributed by atoms with van der Waals surface area (Å²) in [7, 11) is 1.54. The number of hydrogen-bond acceptors (Lipinski definition) is 7. The van der Waals surface area contributed by atoms with Crippen molar-refractivity contribution in [2.45, 2.75) is 6.54 Å². The molecule has 0 bridgehead atoms. The maximum Gasteiger partial charge on any atom is 0.257 e. The lowest BCUT2D eigenvalue weighted by molar-refractivity contribution is 0.0685. The van der Waals surface area contributed by atoms with Crippen LogP contribution >= 0.6 is 11.6 Å². The number of benzene rings is 2. The van der Waals surface area contributed by atoms with Crippen LogP contribution in [0.25, 0.3) is 10.9 Å². The van der Waals surface area contributed by atoms with Gasteiger partial charge < -0.3 is 25.2 Å². The molecule has 0 aliphatic heterocycles. The second kappa shape index (κ2) is 10.8. The lowest BCUT2D eigenvalue weighted by Crippen LogP contribution is -2.36. The molecule has 1 heterocycles. The van der Waals surface area contributed by atoms with Gasteiger partial charge in [0.2, 0.25) is 0 Å². The number of carbonyl (C=O) groups excluding carboxylic acids is 1. The molecule has 0 spiro atoms. The predicted molar refractivity (Wildman–Crippen MR) is 122 cm³/mol. The van der Waals surface area contributed by atoms with Crippen molar-refractivity contribution in [3.8, 4) is 11.8 Å². The van der Waals surface area contributed by atoms with Gasteiger partial charge in [0.15, 0.2) is 0 Å². The highest BCUT2D eigenvalue weighted by atomic mass is 35.5. The first-order chi connectivity index (χ1) is 15.5. The molecule has 166 valence electrons. The van der Waals surface area contributed by atoms with Crippen LogP contribution in [0.4, 0.5) is 5.69 Å². The molecule has 8 nitrogen and oxygen atoms in total. The molecule has 3 N–H and O–H groups in total. The zero-order valence-corrected chi connectivity index (χ0v) is 18.3. The van der Waals surface area contributed by atoms with Gasteiger partial charge in [0.1, 0.15) is 5.75 Å². The number of pyridine rings is 1. The fourth-order valence-corrected chi connectivity index (χ4v) is 3.63. The Morgan fingerprint density at radius 1 is 1.22 bits per heavy atom. The second-order valence-electron chi connectivity index (χ2n) is 6.95. The third-order valence-corrected chi connectivity index (χ3v) is 5.24. The van der Waals surface area contributed by atoms with Crippen molar-refractivity contribution >= 4 is 34.1 Å². The number of ether oxygens (including phenoxy) is 1. The normalized spacial score (nSPS) is 10.6. The van der Waals surface area contributed by atoms with Crippen molar-refractivity contribution in [2.75, 3.05) is 38.7 Å². The summed E-state index contributed by atoms with van der Waals surface area (Å²) >= 11 is 6.23. The van der Waals surface area contributed by atoms with Crippen molar-refractivity contribution in [2.24, 2.45) is 0 Å². The molecule has 0 aliphatic carbocycles. The Balaban J connectivity index is 2.05. The van der Waals surface area contributed by atoms with Gasteiger partial charge in [0.05, 0.1) is 53.7 Å². The summed E-state index contributed by atoms with van der Waals surface area (Å²) in [5.74, 6) is 0.170. The van der Waals surface area contributed by atoms with E-state index in [1.165, 1.54) is 18.2 Å². The van der Waals surface area contributed by atoms with E-state index in [0.29, 0.717) is 39.5 Å². The molecule has 0 atom stereocenters. The zero-order chi connectivity index (χ0) is 23.1. The molecule has 0 fully saturated rings. The van der Waals surface area contributed by atoms with Crippen molar-refractivity contribution in [1.82, 2.24) is 9.88 Å². The Labute approximate surface area is 190 Å². The summed E-state index contributed by atoms with van der Waals surface area (Å²) in [5, 5.41) is 32.3. The van der Waals surface area contributed by atoms with Crippen LogP contribution in [-0.4, -0.2) is 59.4 Å². The van der Waals surface area contributed by atoms with Crippen molar-refractivity contribution in [3.05, 3.63) is 64.3 Å². The van der Waals surface area contributed by atoms with E-state index in [1.807, 2.05) is 6.07 Å². The topological polar surface area (TPSA) is 119 Å². The molecule has 1 aromatic heterocycles. The van der Waals surface area contributed by atoms with Crippen LogP contribution in [0.15, 0.2) is 42.6 Å². The number of fused-ring (bicyclic) bond motifs is 1. The van der Waals surface area contributed by atoms with E-state index in [1.54, 1.807) is 30.3 Å². The van der Waals surface area contributed by atoms with Gasteiger partial charge in [-0.05, 0) is 35.9 Å². The molecular formula is C23H23ClN4O4. The second-order valence-corrected chi connectivity index (χ2v) is 7.36. The van der Waals surface area contributed by atoms with Crippen LogP contribution in [0.1, 0.15) is 21.5 Å². The van der Waals surface area contributed by atoms with E-state index < -0.39 is 0 Å². The molecule has 9 heteroatoms. The van der Waals surface area contributed by atoms with Crippen molar-refractivity contribution in [3.63, 3.8) is 0 Å². The minimum atomic E-state index is -0.389. The largest absolute Gasteiger partial charge is 0.495 e. The Bertz CT molecular complexity index is 1160. The van der Waals surface area contributed by atoms with Gasteiger partial charge in [0, 0.05) is 31.2 Å². The SMILES string of the molecule is COc1ccc(CNc2c(C(=O)N(CCO)CCO)cnc3ccc(C#N)cc23)cc1Cl. The van der Waals surface area contributed by atoms with Gasteiger partial charge >= 0.3 is 0 Å². The first-order valence-corrected chi connectivity index (χ1v) is 10.3. The molecule has 0 saturated heterocycles. The maximum atomic E-state index is 13.2. The van der Waals surface area contributed by atoms with E-state index in [4.69, 9.17) is 16.3 Å². The van der Waals surface area contributed by atoms with Gasteiger partial charge in [-0.25, -0.2) is 0 Å².